The number of carbonyl (C=O) groups is 1. The normalized spacial score (nSPS) is 11.1. The van der Waals surface area contributed by atoms with Crippen LogP contribution in [0.2, 0.25) is 0 Å². The first-order valence-electron chi connectivity index (χ1n) is 11.2. The summed E-state index contributed by atoms with van der Waals surface area (Å²) in [5, 5.41) is 7.80. The summed E-state index contributed by atoms with van der Waals surface area (Å²) in [6, 6.07) is 11.9. The highest BCUT2D eigenvalue weighted by atomic mass is 32.1. The van der Waals surface area contributed by atoms with Crippen molar-refractivity contribution in [2.75, 3.05) is 20.8 Å². The molecule has 0 saturated carbocycles. The fraction of sp³-hybridized carbons (Fsp3) is 0.192. The molecule has 3 heterocycles. The van der Waals surface area contributed by atoms with Crippen molar-refractivity contribution in [3.8, 4) is 33.3 Å². The summed E-state index contributed by atoms with van der Waals surface area (Å²) in [5.41, 5.74) is 4.31. The van der Waals surface area contributed by atoms with Crippen molar-refractivity contribution in [3.63, 3.8) is 0 Å². The molecule has 5 rings (SSSR count). The summed E-state index contributed by atoms with van der Waals surface area (Å²) < 4.78 is 25.8. The highest BCUT2D eigenvalue weighted by Gasteiger charge is 2.14. The second-order valence-corrected chi connectivity index (χ2v) is 9.70. The molecule has 3 aromatic heterocycles. The maximum atomic E-state index is 13.2. The van der Waals surface area contributed by atoms with E-state index in [4.69, 9.17) is 14.5 Å². The Morgan fingerprint density at radius 1 is 1.00 bits per heavy atom. The van der Waals surface area contributed by atoms with Crippen LogP contribution in [0.15, 0.2) is 59.4 Å². The molecule has 0 unspecified atom stereocenters. The standard InChI is InChI=1S/C26H23FN4O3S2/c1-33-22-8-5-17(11-23(22)34-2)25-29-19(14-35-25)9-10-28-24(32)12-20-15-36-26-30-21(13-31(20)26)16-3-6-18(27)7-4-16/h3-8,11,13-15H,9-10,12H2,1-2H3,(H,28,32). The van der Waals surface area contributed by atoms with Gasteiger partial charge in [0.2, 0.25) is 5.91 Å². The number of thiazole rings is 2. The van der Waals surface area contributed by atoms with Crippen molar-refractivity contribution in [3.05, 3.63) is 76.6 Å². The Hall–Kier alpha value is -3.76. The molecule has 1 amide bonds. The Morgan fingerprint density at radius 3 is 2.56 bits per heavy atom. The van der Waals surface area contributed by atoms with Gasteiger partial charge in [0, 0.05) is 46.7 Å². The molecule has 0 fully saturated rings. The van der Waals surface area contributed by atoms with Crippen LogP contribution in [-0.4, -0.2) is 41.0 Å². The molecular formula is C26H23FN4O3S2. The number of carbonyl (C=O) groups excluding carboxylic acids is 1. The van der Waals surface area contributed by atoms with Gasteiger partial charge in [-0.1, -0.05) is 0 Å². The molecule has 10 heteroatoms. The van der Waals surface area contributed by atoms with E-state index in [9.17, 15) is 9.18 Å². The van der Waals surface area contributed by atoms with Gasteiger partial charge >= 0.3 is 0 Å². The minimum Gasteiger partial charge on any atom is -0.493 e. The highest BCUT2D eigenvalue weighted by molar-refractivity contribution is 7.15. The van der Waals surface area contributed by atoms with Crippen LogP contribution < -0.4 is 14.8 Å². The molecule has 0 saturated heterocycles. The van der Waals surface area contributed by atoms with Crippen LogP contribution in [0.1, 0.15) is 11.4 Å². The summed E-state index contributed by atoms with van der Waals surface area (Å²) >= 11 is 3.02. The Morgan fingerprint density at radius 2 is 1.78 bits per heavy atom. The largest absolute Gasteiger partial charge is 0.493 e. The molecule has 1 N–H and O–H groups in total. The Bertz CT molecular complexity index is 1510. The number of halogens is 1. The van der Waals surface area contributed by atoms with Gasteiger partial charge in [0.05, 0.1) is 32.0 Å². The van der Waals surface area contributed by atoms with Gasteiger partial charge in [-0.2, -0.15) is 0 Å². The van der Waals surface area contributed by atoms with E-state index in [0.29, 0.717) is 24.5 Å². The summed E-state index contributed by atoms with van der Waals surface area (Å²) in [5.74, 6) is 0.976. The van der Waals surface area contributed by atoms with Gasteiger partial charge in [0.15, 0.2) is 16.5 Å². The number of rotatable bonds is 9. The number of benzene rings is 2. The molecule has 0 radical (unpaired) electrons. The maximum Gasteiger partial charge on any atom is 0.225 e. The molecule has 184 valence electrons. The number of ether oxygens (including phenoxy) is 2. The molecule has 0 aliphatic heterocycles. The average molecular weight is 523 g/mol. The third-order valence-electron chi connectivity index (χ3n) is 5.65. The van der Waals surface area contributed by atoms with E-state index in [1.54, 1.807) is 37.7 Å². The van der Waals surface area contributed by atoms with E-state index >= 15 is 0 Å². The van der Waals surface area contributed by atoms with Crippen LogP contribution >= 0.6 is 22.7 Å². The summed E-state index contributed by atoms with van der Waals surface area (Å²) in [7, 11) is 3.21. The Balaban J connectivity index is 1.17. The molecule has 0 aliphatic rings. The lowest BCUT2D eigenvalue weighted by Gasteiger charge is -2.08. The van der Waals surface area contributed by atoms with Crippen LogP contribution in [0, 0.1) is 5.82 Å². The van der Waals surface area contributed by atoms with Crippen LogP contribution in [0.25, 0.3) is 26.8 Å². The number of methoxy groups -OCH3 is 2. The lowest BCUT2D eigenvalue weighted by Crippen LogP contribution is -2.27. The molecule has 36 heavy (non-hydrogen) atoms. The van der Waals surface area contributed by atoms with Crippen molar-refractivity contribution in [1.29, 1.82) is 0 Å². The van der Waals surface area contributed by atoms with Gasteiger partial charge in [-0.3, -0.25) is 9.20 Å². The van der Waals surface area contributed by atoms with E-state index in [-0.39, 0.29) is 18.1 Å². The lowest BCUT2D eigenvalue weighted by atomic mass is 10.2. The first kappa shape index (κ1) is 24.0. The van der Waals surface area contributed by atoms with Crippen LogP contribution in [0.4, 0.5) is 4.39 Å². The van der Waals surface area contributed by atoms with E-state index < -0.39 is 0 Å². The first-order chi connectivity index (χ1) is 17.5. The molecule has 7 nitrogen and oxygen atoms in total. The zero-order valence-corrected chi connectivity index (χ0v) is 21.3. The zero-order chi connectivity index (χ0) is 25.1. The number of nitrogens with one attached hydrogen (secondary N) is 1. The average Bonchev–Trinajstić information content (AvgIpc) is 3.62. The van der Waals surface area contributed by atoms with Crippen LogP contribution in [-0.2, 0) is 17.6 Å². The van der Waals surface area contributed by atoms with Crippen LogP contribution in [0.5, 0.6) is 11.5 Å². The first-order valence-corrected chi connectivity index (χ1v) is 12.9. The van der Waals surface area contributed by atoms with Crippen molar-refractivity contribution < 1.29 is 18.7 Å². The number of nitrogens with zero attached hydrogens (tertiary/aromatic N) is 3. The maximum absolute atomic E-state index is 13.2. The molecule has 5 aromatic rings. The van der Waals surface area contributed by atoms with E-state index in [1.165, 1.54) is 23.5 Å². The SMILES string of the molecule is COc1ccc(-c2nc(CCNC(=O)Cc3csc4nc(-c5ccc(F)cc5)cn34)cs2)cc1OC. The van der Waals surface area contributed by atoms with Gasteiger partial charge in [0.1, 0.15) is 10.8 Å². The third-order valence-corrected chi connectivity index (χ3v) is 7.48. The summed E-state index contributed by atoms with van der Waals surface area (Å²) in [4.78, 5) is 22.7. The van der Waals surface area contributed by atoms with Crippen molar-refractivity contribution >= 4 is 33.5 Å². The Labute approximate surface area is 215 Å². The van der Waals surface area contributed by atoms with Gasteiger partial charge in [-0.15, -0.1) is 22.7 Å². The molecule has 2 aromatic carbocycles. The topological polar surface area (TPSA) is 77.8 Å². The third kappa shape index (κ3) is 5.09. The molecule has 0 bridgehead atoms. The number of amides is 1. The van der Waals surface area contributed by atoms with Crippen molar-refractivity contribution in [1.82, 2.24) is 19.7 Å². The van der Waals surface area contributed by atoms with Gasteiger partial charge in [-0.05, 0) is 42.5 Å². The van der Waals surface area contributed by atoms with E-state index in [0.717, 1.165) is 38.2 Å². The molecule has 0 atom stereocenters. The lowest BCUT2D eigenvalue weighted by molar-refractivity contribution is -0.120. The van der Waals surface area contributed by atoms with Crippen molar-refractivity contribution in [2.45, 2.75) is 12.8 Å². The zero-order valence-electron chi connectivity index (χ0n) is 19.7. The quantitative estimate of drug-likeness (QED) is 0.286. The van der Waals surface area contributed by atoms with Gasteiger partial charge in [0.25, 0.3) is 0 Å². The summed E-state index contributed by atoms with van der Waals surface area (Å²) in [6.45, 7) is 0.492. The monoisotopic (exact) mass is 522 g/mol. The number of hydrogen-bond acceptors (Lipinski definition) is 7. The second-order valence-electron chi connectivity index (χ2n) is 8.00. The van der Waals surface area contributed by atoms with Gasteiger partial charge < -0.3 is 14.8 Å². The van der Waals surface area contributed by atoms with E-state index in [2.05, 4.69) is 10.3 Å². The number of fused-ring (bicyclic) bond motifs is 1. The predicted octanol–water partition coefficient (Wildman–Crippen LogP) is 5.24. The number of imidazole rings is 1. The minimum absolute atomic E-state index is 0.0675. The highest BCUT2D eigenvalue weighted by Crippen LogP contribution is 2.33. The molecule has 0 aliphatic carbocycles. The number of hydrogen-bond donors (Lipinski definition) is 1. The van der Waals surface area contributed by atoms with Crippen LogP contribution in [0.3, 0.4) is 0 Å². The summed E-state index contributed by atoms with van der Waals surface area (Å²) in [6.07, 6.45) is 2.76. The fourth-order valence-electron chi connectivity index (χ4n) is 3.80. The molecule has 0 spiro atoms. The molecular weight excluding hydrogens is 499 g/mol. The van der Waals surface area contributed by atoms with Crippen molar-refractivity contribution in [2.24, 2.45) is 0 Å². The second kappa shape index (κ2) is 10.5. The van der Waals surface area contributed by atoms with Gasteiger partial charge in [-0.25, -0.2) is 14.4 Å². The Kier molecular flexibility index (Phi) is 6.97. The predicted molar refractivity (Wildman–Crippen MR) is 140 cm³/mol. The number of aromatic nitrogens is 3. The minimum atomic E-state index is -0.285. The fourth-order valence-corrected chi connectivity index (χ4v) is 5.52. The smallest absolute Gasteiger partial charge is 0.225 e. The van der Waals surface area contributed by atoms with E-state index in [1.807, 2.05) is 39.6 Å².